The van der Waals surface area contributed by atoms with Crippen LogP contribution < -0.4 is 5.73 Å². The van der Waals surface area contributed by atoms with E-state index in [2.05, 4.69) is 44.7 Å². The summed E-state index contributed by atoms with van der Waals surface area (Å²) in [7, 11) is 0. The van der Waals surface area contributed by atoms with Crippen molar-refractivity contribution >= 4 is 0 Å². The van der Waals surface area contributed by atoms with Crippen molar-refractivity contribution in [2.45, 2.75) is 33.6 Å². The van der Waals surface area contributed by atoms with E-state index < -0.39 is 0 Å². The van der Waals surface area contributed by atoms with Crippen molar-refractivity contribution in [2.75, 3.05) is 6.54 Å². The van der Waals surface area contributed by atoms with Crippen LogP contribution in [-0.4, -0.2) is 6.54 Å². The lowest BCUT2D eigenvalue weighted by atomic mass is 9.95. The van der Waals surface area contributed by atoms with E-state index in [1.54, 1.807) is 0 Å². The van der Waals surface area contributed by atoms with E-state index in [9.17, 15) is 0 Å². The second kappa shape index (κ2) is 5.58. The molecular weight excluding hydrogens is 182 g/mol. The minimum Gasteiger partial charge on any atom is -0.320 e. The van der Waals surface area contributed by atoms with Crippen molar-refractivity contribution in [1.29, 1.82) is 0 Å². The van der Waals surface area contributed by atoms with E-state index in [1.807, 2.05) is 0 Å². The van der Waals surface area contributed by atoms with Gasteiger partial charge in [0.1, 0.15) is 0 Å². The minimum atomic E-state index is 0.431. The number of nitrogens with two attached hydrogens (primary N) is 1. The molecule has 0 fully saturated rings. The second-order valence-corrected chi connectivity index (χ2v) is 3.67. The van der Waals surface area contributed by atoms with E-state index in [0.717, 1.165) is 12.8 Å². The predicted molar refractivity (Wildman–Crippen MR) is 65.9 cm³/mol. The van der Waals surface area contributed by atoms with Crippen molar-refractivity contribution in [3.63, 3.8) is 0 Å². The third-order valence-corrected chi connectivity index (χ3v) is 2.52. The molecule has 0 amide bonds. The molecule has 15 heavy (non-hydrogen) atoms. The van der Waals surface area contributed by atoms with Crippen molar-refractivity contribution in [3.8, 4) is 11.8 Å². The van der Waals surface area contributed by atoms with Crippen LogP contribution in [0.15, 0.2) is 12.1 Å². The zero-order valence-corrected chi connectivity index (χ0v) is 9.85. The Balaban J connectivity index is 3.30. The Labute approximate surface area is 92.7 Å². The molecule has 0 unspecified atom stereocenters. The van der Waals surface area contributed by atoms with Gasteiger partial charge in [-0.05, 0) is 30.9 Å². The third kappa shape index (κ3) is 2.84. The Bertz CT molecular complexity index is 369. The molecular formula is C14H19N. The molecule has 0 aliphatic rings. The van der Waals surface area contributed by atoms with Crippen LogP contribution >= 0.6 is 0 Å². The summed E-state index contributed by atoms with van der Waals surface area (Å²) in [6, 6.07) is 4.44. The van der Waals surface area contributed by atoms with Gasteiger partial charge in [0, 0.05) is 5.56 Å². The van der Waals surface area contributed by atoms with Gasteiger partial charge in [-0.3, -0.25) is 0 Å². The second-order valence-electron chi connectivity index (χ2n) is 3.67. The molecule has 0 saturated carbocycles. The molecule has 1 aromatic carbocycles. The first-order valence-corrected chi connectivity index (χ1v) is 5.54. The van der Waals surface area contributed by atoms with E-state index in [4.69, 9.17) is 5.73 Å². The summed E-state index contributed by atoms with van der Waals surface area (Å²) >= 11 is 0. The molecule has 0 bridgehead atoms. The van der Waals surface area contributed by atoms with Gasteiger partial charge in [-0.25, -0.2) is 0 Å². The van der Waals surface area contributed by atoms with Crippen LogP contribution in [0.1, 0.15) is 36.1 Å². The smallest absolute Gasteiger partial charge is 0.0555 e. The van der Waals surface area contributed by atoms with E-state index in [0.29, 0.717) is 6.54 Å². The van der Waals surface area contributed by atoms with E-state index in [1.165, 1.54) is 22.3 Å². The largest absolute Gasteiger partial charge is 0.320 e. The molecule has 1 rings (SSSR count). The highest BCUT2D eigenvalue weighted by molar-refractivity contribution is 5.49. The van der Waals surface area contributed by atoms with E-state index in [-0.39, 0.29) is 0 Å². The molecule has 2 N–H and O–H groups in total. The van der Waals surface area contributed by atoms with Gasteiger partial charge in [0.2, 0.25) is 0 Å². The Hall–Kier alpha value is -1.26. The third-order valence-electron chi connectivity index (χ3n) is 2.52. The molecule has 0 spiro atoms. The summed E-state index contributed by atoms with van der Waals surface area (Å²) in [5, 5.41) is 0. The maximum atomic E-state index is 5.42. The van der Waals surface area contributed by atoms with Crippen molar-refractivity contribution < 1.29 is 0 Å². The number of rotatable bonds is 2. The summed E-state index contributed by atoms with van der Waals surface area (Å²) < 4.78 is 0. The molecule has 0 aliphatic heterocycles. The van der Waals surface area contributed by atoms with Gasteiger partial charge in [-0.1, -0.05) is 43.4 Å². The fourth-order valence-electron chi connectivity index (χ4n) is 1.80. The van der Waals surface area contributed by atoms with Gasteiger partial charge in [0.25, 0.3) is 0 Å². The molecule has 0 heterocycles. The summed E-state index contributed by atoms with van der Waals surface area (Å²) in [4.78, 5) is 0. The van der Waals surface area contributed by atoms with Crippen LogP contribution in [0.5, 0.6) is 0 Å². The number of hydrogen-bond acceptors (Lipinski definition) is 1. The Kier molecular flexibility index (Phi) is 4.39. The topological polar surface area (TPSA) is 26.0 Å². The van der Waals surface area contributed by atoms with Crippen molar-refractivity contribution in [1.82, 2.24) is 0 Å². The Morgan fingerprint density at radius 2 is 1.67 bits per heavy atom. The Morgan fingerprint density at radius 3 is 2.07 bits per heavy atom. The average molecular weight is 201 g/mol. The quantitative estimate of drug-likeness (QED) is 0.731. The standard InChI is InChI=1S/C14H19N/c1-4-12-9-11(3)10-13(5-2)14(12)7-6-8-15/h9-10H,4-5,8,15H2,1-3H3. The van der Waals surface area contributed by atoms with Crippen LogP contribution in [0.4, 0.5) is 0 Å². The fraction of sp³-hybridized carbons (Fsp3) is 0.429. The molecule has 1 heteroatoms. The van der Waals surface area contributed by atoms with Gasteiger partial charge in [0.05, 0.1) is 6.54 Å². The lowest BCUT2D eigenvalue weighted by Gasteiger charge is -2.09. The van der Waals surface area contributed by atoms with Gasteiger partial charge < -0.3 is 5.73 Å². The van der Waals surface area contributed by atoms with Crippen LogP contribution in [0.2, 0.25) is 0 Å². The average Bonchev–Trinajstić information content (AvgIpc) is 2.26. The highest BCUT2D eigenvalue weighted by atomic mass is 14.5. The van der Waals surface area contributed by atoms with Gasteiger partial charge in [0.15, 0.2) is 0 Å². The van der Waals surface area contributed by atoms with Crippen LogP contribution in [0.3, 0.4) is 0 Å². The number of aryl methyl sites for hydroxylation is 3. The zero-order chi connectivity index (χ0) is 11.3. The number of hydrogen-bond donors (Lipinski definition) is 1. The van der Waals surface area contributed by atoms with Gasteiger partial charge in [-0.15, -0.1) is 0 Å². The molecule has 0 radical (unpaired) electrons. The van der Waals surface area contributed by atoms with E-state index >= 15 is 0 Å². The van der Waals surface area contributed by atoms with Crippen LogP contribution in [0, 0.1) is 18.8 Å². The maximum Gasteiger partial charge on any atom is 0.0555 e. The summed E-state index contributed by atoms with van der Waals surface area (Å²) in [6.45, 7) is 6.91. The molecule has 0 aliphatic carbocycles. The highest BCUT2D eigenvalue weighted by Gasteiger charge is 2.04. The monoisotopic (exact) mass is 201 g/mol. The minimum absolute atomic E-state index is 0.431. The van der Waals surface area contributed by atoms with Crippen LogP contribution in [-0.2, 0) is 12.8 Å². The lowest BCUT2D eigenvalue weighted by Crippen LogP contribution is -1.98. The molecule has 1 nitrogen and oxygen atoms in total. The maximum absolute atomic E-state index is 5.42. The zero-order valence-electron chi connectivity index (χ0n) is 9.85. The molecule has 0 atom stereocenters. The summed E-state index contributed by atoms with van der Waals surface area (Å²) in [5.74, 6) is 6.15. The molecule has 0 aromatic heterocycles. The molecule has 0 saturated heterocycles. The lowest BCUT2D eigenvalue weighted by molar-refractivity contribution is 1.06. The first-order chi connectivity index (χ1) is 7.22. The first kappa shape index (κ1) is 11.8. The van der Waals surface area contributed by atoms with Crippen molar-refractivity contribution in [3.05, 3.63) is 34.4 Å². The predicted octanol–water partition coefficient (Wildman–Crippen LogP) is 2.43. The van der Waals surface area contributed by atoms with Crippen LogP contribution in [0.25, 0.3) is 0 Å². The molecule has 80 valence electrons. The first-order valence-electron chi connectivity index (χ1n) is 5.54. The van der Waals surface area contributed by atoms with Crippen molar-refractivity contribution in [2.24, 2.45) is 5.73 Å². The highest BCUT2D eigenvalue weighted by Crippen LogP contribution is 2.18. The Morgan fingerprint density at radius 1 is 1.13 bits per heavy atom. The van der Waals surface area contributed by atoms with Gasteiger partial charge in [-0.2, -0.15) is 0 Å². The summed E-state index contributed by atoms with van der Waals surface area (Å²) in [5.41, 5.74) is 10.6. The number of benzene rings is 1. The summed E-state index contributed by atoms with van der Waals surface area (Å²) in [6.07, 6.45) is 2.06. The fourth-order valence-corrected chi connectivity index (χ4v) is 1.80. The normalized spacial score (nSPS) is 9.60. The molecule has 1 aromatic rings. The SMILES string of the molecule is CCc1cc(C)cc(CC)c1C#CCN. The van der Waals surface area contributed by atoms with Gasteiger partial charge >= 0.3 is 0 Å².